The van der Waals surface area contributed by atoms with Gasteiger partial charge >= 0.3 is 0 Å². The summed E-state index contributed by atoms with van der Waals surface area (Å²) in [6.45, 7) is 6.17. The lowest BCUT2D eigenvalue weighted by molar-refractivity contribution is -0.908. The molecule has 1 fully saturated rings. The van der Waals surface area contributed by atoms with Gasteiger partial charge in [-0.25, -0.2) is 4.99 Å². The van der Waals surface area contributed by atoms with Crippen LogP contribution >= 0.6 is 34.3 Å². The van der Waals surface area contributed by atoms with Crippen molar-refractivity contribution in [3.63, 3.8) is 0 Å². The van der Waals surface area contributed by atoms with E-state index >= 15 is 0 Å². The average Bonchev–Trinajstić information content (AvgIpc) is 3.35. The molecule has 1 saturated heterocycles. The van der Waals surface area contributed by atoms with Crippen LogP contribution in [-0.4, -0.2) is 37.4 Å². The van der Waals surface area contributed by atoms with E-state index in [0.717, 1.165) is 54.8 Å². The van der Waals surface area contributed by atoms with Gasteiger partial charge in [-0.05, 0) is 35.7 Å². The topological polar surface area (TPSA) is 31.0 Å². The van der Waals surface area contributed by atoms with Gasteiger partial charge in [0.2, 0.25) is 0 Å². The summed E-state index contributed by atoms with van der Waals surface area (Å²) in [6.07, 6.45) is 1.14. The number of nitrogens with one attached hydrogen (secondary N) is 1. The van der Waals surface area contributed by atoms with Gasteiger partial charge in [0, 0.05) is 23.4 Å². The first-order valence-corrected chi connectivity index (χ1v) is 11.4. The Morgan fingerprint density at radius 1 is 1.11 bits per heavy atom. The van der Waals surface area contributed by atoms with Gasteiger partial charge in [0.25, 0.3) is 0 Å². The molecule has 1 aromatic carbocycles. The molecule has 0 unspecified atom stereocenters. The largest absolute Gasteiger partial charge is 0.370 e. The fourth-order valence-corrected chi connectivity index (χ4v) is 5.18. The van der Waals surface area contributed by atoms with Gasteiger partial charge in [0.05, 0.1) is 36.0 Å². The van der Waals surface area contributed by atoms with Crippen LogP contribution in [0, 0.1) is 0 Å². The molecule has 0 saturated carbocycles. The van der Waals surface area contributed by atoms with Crippen LogP contribution in [0.1, 0.15) is 6.42 Å². The van der Waals surface area contributed by atoms with Crippen LogP contribution in [-0.2, 0) is 11.3 Å². The number of hydrogen-bond donors (Lipinski definition) is 1. The van der Waals surface area contributed by atoms with Crippen LogP contribution in [0.25, 0.3) is 10.6 Å². The van der Waals surface area contributed by atoms with Gasteiger partial charge in [-0.1, -0.05) is 17.7 Å². The summed E-state index contributed by atoms with van der Waals surface area (Å²) in [4.78, 5) is 8.86. The minimum Gasteiger partial charge on any atom is -0.370 e. The van der Waals surface area contributed by atoms with Crippen molar-refractivity contribution in [1.82, 2.24) is 4.57 Å². The minimum absolute atomic E-state index is 0.737. The number of hydrogen-bond acceptors (Lipinski definition) is 4. The lowest BCUT2D eigenvalue weighted by atomic mass is 10.3. The summed E-state index contributed by atoms with van der Waals surface area (Å²) in [5.74, 6) is 0. The summed E-state index contributed by atoms with van der Waals surface area (Å²) in [7, 11) is 0. The molecule has 4 nitrogen and oxygen atoms in total. The van der Waals surface area contributed by atoms with Gasteiger partial charge < -0.3 is 14.2 Å². The molecule has 7 heteroatoms. The highest BCUT2D eigenvalue weighted by Gasteiger charge is 2.14. The number of nitrogens with zero attached hydrogens (tertiary/aromatic N) is 2. The maximum absolute atomic E-state index is 6.01. The van der Waals surface area contributed by atoms with Crippen molar-refractivity contribution in [3.8, 4) is 10.6 Å². The minimum atomic E-state index is 0.737. The first-order valence-electron chi connectivity index (χ1n) is 9.23. The molecule has 3 heterocycles. The van der Waals surface area contributed by atoms with Crippen molar-refractivity contribution in [2.75, 3.05) is 32.8 Å². The zero-order chi connectivity index (χ0) is 18.5. The van der Waals surface area contributed by atoms with Gasteiger partial charge in [0.1, 0.15) is 13.1 Å². The summed E-state index contributed by atoms with van der Waals surface area (Å²) in [6, 6.07) is 12.0. The van der Waals surface area contributed by atoms with E-state index in [2.05, 4.69) is 27.5 Å². The second-order valence-electron chi connectivity index (χ2n) is 6.59. The van der Waals surface area contributed by atoms with Gasteiger partial charge in [-0.3, -0.25) is 0 Å². The lowest BCUT2D eigenvalue weighted by Crippen LogP contribution is -3.14. The number of halogens is 1. The molecule has 142 valence electrons. The Bertz CT molecular complexity index is 910. The Labute approximate surface area is 172 Å². The summed E-state index contributed by atoms with van der Waals surface area (Å²) < 4.78 is 7.83. The van der Waals surface area contributed by atoms with Gasteiger partial charge in [-0.2, -0.15) is 0 Å². The number of rotatable bonds is 6. The van der Waals surface area contributed by atoms with E-state index in [1.165, 1.54) is 17.1 Å². The molecule has 1 aliphatic rings. The normalized spacial score (nSPS) is 16.1. The number of morpholine rings is 1. The molecule has 1 N–H and O–H groups in total. The van der Waals surface area contributed by atoms with Crippen LogP contribution in [0.5, 0.6) is 0 Å². The lowest BCUT2D eigenvalue weighted by Gasteiger charge is -2.23. The monoisotopic (exact) mass is 420 g/mol. The number of aromatic nitrogens is 1. The van der Waals surface area contributed by atoms with E-state index < -0.39 is 0 Å². The number of benzene rings is 1. The first kappa shape index (κ1) is 18.9. The molecule has 4 rings (SSSR count). The van der Waals surface area contributed by atoms with Crippen LogP contribution in [0.2, 0.25) is 5.02 Å². The van der Waals surface area contributed by atoms with E-state index in [0.29, 0.717) is 0 Å². The molecule has 0 aliphatic carbocycles. The fourth-order valence-electron chi connectivity index (χ4n) is 3.28. The zero-order valence-corrected chi connectivity index (χ0v) is 17.5. The third kappa shape index (κ3) is 4.89. The number of thiophene rings is 1. The van der Waals surface area contributed by atoms with Crippen molar-refractivity contribution in [1.29, 1.82) is 0 Å². The number of quaternary nitrogens is 1. The molecule has 0 bridgehead atoms. The van der Waals surface area contributed by atoms with Crippen LogP contribution < -0.4 is 9.70 Å². The highest BCUT2D eigenvalue weighted by atomic mass is 35.5. The van der Waals surface area contributed by atoms with E-state index in [1.807, 2.05) is 24.3 Å². The highest BCUT2D eigenvalue weighted by Crippen LogP contribution is 2.25. The Morgan fingerprint density at radius 2 is 1.93 bits per heavy atom. The third-order valence-electron chi connectivity index (χ3n) is 4.73. The Kier molecular flexibility index (Phi) is 6.42. The molecule has 0 atom stereocenters. The quantitative estimate of drug-likeness (QED) is 0.650. The predicted octanol–water partition coefficient (Wildman–Crippen LogP) is 3.47. The van der Waals surface area contributed by atoms with Crippen LogP contribution in [0.15, 0.2) is 52.2 Å². The Balaban J connectivity index is 1.58. The molecule has 2 aromatic heterocycles. The maximum Gasteiger partial charge on any atom is 0.190 e. The van der Waals surface area contributed by atoms with Crippen molar-refractivity contribution in [2.45, 2.75) is 13.0 Å². The van der Waals surface area contributed by atoms with Gasteiger partial charge in [0.15, 0.2) is 4.80 Å². The molecular formula is C20H23ClN3OS2+. The first-order chi connectivity index (χ1) is 13.3. The van der Waals surface area contributed by atoms with E-state index in [4.69, 9.17) is 21.3 Å². The summed E-state index contributed by atoms with van der Waals surface area (Å²) in [5, 5.41) is 5.09. The maximum atomic E-state index is 6.01. The molecule has 0 spiro atoms. The molecule has 0 amide bonds. The van der Waals surface area contributed by atoms with Crippen molar-refractivity contribution < 1.29 is 9.64 Å². The SMILES string of the molecule is Clc1ccc(N=c2scc(-c3cccs3)n2CCC[NH+]2CCOCC2)cc1. The van der Waals surface area contributed by atoms with Crippen molar-refractivity contribution in [2.24, 2.45) is 4.99 Å². The van der Waals surface area contributed by atoms with Crippen LogP contribution in [0.3, 0.4) is 0 Å². The van der Waals surface area contributed by atoms with Crippen molar-refractivity contribution >= 4 is 40.0 Å². The zero-order valence-electron chi connectivity index (χ0n) is 15.1. The fraction of sp³-hybridized carbons (Fsp3) is 0.350. The van der Waals surface area contributed by atoms with Crippen molar-refractivity contribution in [3.05, 3.63) is 57.0 Å². The molecule has 0 radical (unpaired) electrons. The summed E-state index contributed by atoms with van der Waals surface area (Å²) >= 11 is 9.49. The van der Waals surface area contributed by atoms with E-state index in [-0.39, 0.29) is 0 Å². The second-order valence-corrected chi connectivity index (χ2v) is 8.81. The Hall–Kier alpha value is -1.44. The van der Waals surface area contributed by atoms with E-state index in [9.17, 15) is 0 Å². The van der Waals surface area contributed by atoms with Gasteiger partial charge in [-0.15, -0.1) is 22.7 Å². The standard InChI is InChI=1S/C20H22ClN3OS2/c21-16-4-6-17(7-5-16)22-20-24(9-2-8-23-10-12-25-13-11-23)18(15-27-20)19-3-1-14-26-19/h1,3-7,14-15H,2,8-13H2/p+1. The Morgan fingerprint density at radius 3 is 2.67 bits per heavy atom. The second kappa shape index (κ2) is 9.17. The van der Waals surface area contributed by atoms with E-state index in [1.54, 1.807) is 27.6 Å². The third-order valence-corrected chi connectivity index (χ3v) is 6.74. The molecular weight excluding hydrogens is 398 g/mol. The number of thiazole rings is 1. The van der Waals surface area contributed by atoms with Crippen LogP contribution in [0.4, 0.5) is 5.69 Å². The smallest absolute Gasteiger partial charge is 0.190 e. The molecule has 27 heavy (non-hydrogen) atoms. The average molecular weight is 421 g/mol. The summed E-state index contributed by atoms with van der Waals surface area (Å²) in [5.41, 5.74) is 2.20. The highest BCUT2D eigenvalue weighted by molar-refractivity contribution is 7.14. The predicted molar refractivity (Wildman–Crippen MR) is 113 cm³/mol. The molecule has 3 aromatic rings. The number of ether oxygens (including phenoxy) is 1. The molecule has 1 aliphatic heterocycles.